The number of Topliss-reactive ketones (excluding diaryl/α,β-unsaturated/α-hetero) is 1. The van der Waals surface area contributed by atoms with Crippen molar-refractivity contribution in [3.63, 3.8) is 0 Å². The van der Waals surface area contributed by atoms with E-state index in [-0.39, 0.29) is 11.7 Å². The first kappa shape index (κ1) is 22.2. The maximum atomic E-state index is 12.2. The molecule has 1 aromatic carbocycles. The Kier molecular flexibility index (Phi) is 10.0. The van der Waals surface area contributed by atoms with Gasteiger partial charge in [0.2, 0.25) is 5.91 Å². The molecule has 0 spiro atoms. The molecule has 0 unspecified atom stereocenters. The van der Waals surface area contributed by atoms with Crippen molar-refractivity contribution in [2.75, 3.05) is 31.1 Å². The van der Waals surface area contributed by atoms with Gasteiger partial charge in [-0.2, -0.15) is 0 Å². The number of anilines is 1. The van der Waals surface area contributed by atoms with Crippen LogP contribution in [0.3, 0.4) is 0 Å². The Balaban J connectivity index is 0.00000163. The topological polar surface area (TPSA) is 40.6 Å². The predicted molar refractivity (Wildman–Crippen MR) is 110 cm³/mol. The van der Waals surface area contributed by atoms with Crippen molar-refractivity contribution in [1.82, 2.24) is 4.90 Å². The van der Waals surface area contributed by atoms with Gasteiger partial charge in [-0.05, 0) is 30.7 Å². The van der Waals surface area contributed by atoms with E-state index >= 15 is 0 Å². The Morgan fingerprint density at radius 1 is 0.962 bits per heavy atom. The van der Waals surface area contributed by atoms with Gasteiger partial charge in [-0.25, -0.2) is 0 Å². The van der Waals surface area contributed by atoms with Gasteiger partial charge in [-0.15, -0.1) is 0 Å². The molecule has 0 N–H and O–H groups in total. The van der Waals surface area contributed by atoms with Crippen LogP contribution in [0.25, 0.3) is 0 Å². The molecule has 1 amide bonds. The lowest BCUT2D eigenvalue weighted by Crippen LogP contribution is -2.48. The molecule has 0 atom stereocenters. The number of hydrogen-bond acceptors (Lipinski definition) is 3. The Labute approximate surface area is 159 Å². The summed E-state index contributed by atoms with van der Waals surface area (Å²) in [5.74, 6) is 0.503. The van der Waals surface area contributed by atoms with Crippen molar-refractivity contribution in [2.45, 2.75) is 60.3 Å². The van der Waals surface area contributed by atoms with Crippen LogP contribution in [0.5, 0.6) is 0 Å². The molecule has 26 heavy (non-hydrogen) atoms. The van der Waals surface area contributed by atoms with E-state index in [4.69, 9.17) is 0 Å². The van der Waals surface area contributed by atoms with Crippen LogP contribution in [0.4, 0.5) is 5.69 Å². The van der Waals surface area contributed by atoms with Crippen LogP contribution in [0, 0.1) is 5.92 Å². The minimum atomic E-state index is 0.0260. The highest BCUT2D eigenvalue weighted by atomic mass is 16.2. The van der Waals surface area contributed by atoms with Crippen LogP contribution in [-0.4, -0.2) is 42.8 Å². The first-order chi connectivity index (χ1) is 12.5. The number of unbranched alkanes of at least 4 members (excludes halogenated alkanes) is 2. The smallest absolute Gasteiger partial charge is 0.222 e. The fourth-order valence-corrected chi connectivity index (χ4v) is 3.07. The SMILES string of the molecule is CC.CCCCCC(=O)N1CCN(c2ccc(C(=O)C(C)C)cc2)CC1. The molecule has 1 aromatic rings. The van der Waals surface area contributed by atoms with Gasteiger partial charge in [0.15, 0.2) is 5.78 Å². The van der Waals surface area contributed by atoms with Crippen LogP contribution < -0.4 is 4.90 Å². The summed E-state index contributed by atoms with van der Waals surface area (Å²) in [5.41, 5.74) is 1.91. The highest BCUT2D eigenvalue weighted by molar-refractivity contribution is 5.97. The number of benzene rings is 1. The first-order valence-corrected chi connectivity index (χ1v) is 10.2. The van der Waals surface area contributed by atoms with Gasteiger partial charge in [-0.1, -0.05) is 47.5 Å². The van der Waals surface area contributed by atoms with Gasteiger partial charge < -0.3 is 9.80 Å². The van der Waals surface area contributed by atoms with E-state index < -0.39 is 0 Å². The second kappa shape index (κ2) is 11.7. The minimum absolute atomic E-state index is 0.0260. The largest absolute Gasteiger partial charge is 0.368 e. The molecule has 1 fully saturated rings. The average Bonchev–Trinajstić information content (AvgIpc) is 2.69. The third kappa shape index (κ3) is 6.47. The van der Waals surface area contributed by atoms with Crippen molar-refractivity contribution < 1.29 is 9.59 Å². The number of nitrogens with zero attached hydrogens (tertiary/aromatic N) is 2. The van der Waals surface area contributed by atoms with Crippen LogP contribution in [-0.2, 0) is 4.79 Å². The lowest BCUT2D eigenvalue weighted by atomic mass is 10.0. The van der Waals surface area contributed by atoms with Crippen molar-refractivity contribution in [3.05, 3.63) is 29.8 Å². The fraction of sp³-hybridized carbons (Fsp3) is 0.636. The third-order valence-corrected chi connectivity index (χ3v) is 4.67. The van der Waals surface area contributed by atoms with Crippen molar-refractivity contribution in [2.24, 2.45) is 5.92 Å². The summed E-state index contributed by atoms with van der Waals surface area (Å²) in [6.07, 6.45) is 3.96. The monoisotopic (exact) mass is 360 g/mol. The maximum absolute atomic E-state index is 12.2. The molecule has 0 aromatic heterocycles. The standard InChI is InChI=1S/C20H30N2O2.C2H6/c1-4-5-6-7-19(23)22-14-12-21(13-15-22)18-10-8-17(9-11-18)20(24)16(2)3;1-2/h8-11,16H,4-7,12-15H2,1-3H3;1-2H3. The summed E-state index contributed by atoms with van der Waals surface area (Å²) in [7, 11) is 0. The lowest BCUT2D eigenvalue weighted by Gasteiger charge is -2.36. The van der Waals surface area contributed by atoms with Crippen molar-refractivity contribution in [1.29, 1.82) is 0 Å². The Morgan fingerprint density at radius 2 is 1.54 bits per heavy atom. The summed E-state index contributed by atoms with van der Waals surface area (Å²) < 4.78 is 0. The zero-order valence-electron chi connectivity index (χ0n) is 17.3. The number of rotatable bonds is 7. The normalized spacial score (nSPS) is 14.1. The van der Waals surface area contributed by atoms with Crippen molar-refractivity contribution >= 4 is 17.4 Å². The first-order valence-electron chi connectivity index (χ1n) is 10.2. The summed E-state index contributed by atoms with van der Waals surface area (Å²) in [6.45, 7) is 13.3. The van der Waals surface area contributed by atoms with E-state index in [1.807, 2.05) is 56.9 Å². The highest BCUT2D eigenvalue weighted by Crippen LogP contribution is 2.19. The second-order valence-corrected chi connectivity index (χ2v) is 6.89. The molecule has 146 valence electrons. The Bertz CT molecular complexity index is 544. The quantitative estimate of drug-likeness (QED) is 0.519. The van der Waals surface area contributed by atoms with E-state index in [0.717, 1.165) is 56.7 Å². The van der Waals surface area contributed by atoms with Gasteiger partial charge in [0, 0.05) is 49.8 Å². The summed E-state index contributed by atoms with van der Waals surface area (Å²) in [4.78, 5) is 28.4. The van der Waals surface area contributed by atoms with Gasteiger partial charge in [0.1, 0.15) is 0 Å². The summed E-state index contributed by atoms with van der Waals surface area (Å²) >= 11 is 0. The third-order valence-electron chi connectivity index (χ3n) is 4.67. The van der Waals surface area contributed by atoms with Crippen LogP contribution in [0.15, 0.2) is 24.3 Å². The Morgan fingerprint density at radius 3 is 2.04 bits per heavy atom. The van der Waals surface area contributed by atoms with Gasteiger partial charge >= 0.3 is 0 Å². The number of carbonyl (C=O) groups excluding carboxylic acids is 2. The zero-order valence-corrected chi connectivity index (χ0v) is 17.3. The van der Waals surface area contributed by atoms with Crippen LogP contribution in [0.2, 0.25) is 0 Å². The van der Waals surface area contributed by atoms with Crippen LogP contribution >= 0.6 is 0 Å². The molecular formula is C22H36N2O2. The van der Waals surface area contributed by atoms with Gasteiger partial charge in [-0.3, -0.25) is 9.59 Å². The molecule has 1 saturated heterocycles. The average molecular weight is 361 g/mol. The highest BCUT2D eigenvalue weighted by Gasteiger charge is 2.21. The van der Waals surface area contributed by atoms with Gasteiger partial charge in [0.25, 0.3) is 0 Å². The van der Waals surface area contributed by atoms with E-state index in [1.54, 1.807) is 0 Å². The Hall–Kier alpha value is -1.84. The van der Waals surface area contributed by atoms with Gasteiger partial charge in [0.05, 0.1) is 0 Å². The molecule has 0 bridgehead atoms. The molecule has 4 nitrogen and oxygen atoms in total. The molecule has 0 aliphatic carbocycles. The number of carbonyl (C=O) groups is 2. The fourth-order valence-electron chi connectivity index (χ4n) is 3.07. The van der Waals surface area contributed by atoms with Crippen molar-refractivity contribution in [3.8, 4) is 0 Å². The second-order valence-electron chi connectivity index (χ2n) is 6.89. The van der Waals surface area contributed by atoms with Crippen LogP contribution in [0.1, 0.15) is 70.7 Å². The molecule has 4 heteroatoms. The number of hydrogen-bond donors (Lipinski definition) is 0. The molecule has 1 aliphatic heterocycles. The molecule has 1 aliphatic rings. The molecule has 0 saturated carbocycles. The molecule has 0 radical (unpaired) electrons. The lowest BCUT2D eigenvalue weighted by molar-refractivity contribution is -0.131. The molecule has 2 rings (SSSR count). The molecular weight excluding hydrogens is 324 g/mol. The zero-order chi connectivity index (χ0) is 19.5. The number of ketones is 1. The predicted octanol–water partition coefficient (Wildman–Crippen LogP) is 4.78. The number of piperazine rings is 1. The van der Waals surface area contributed by atoms with E-state index in [2.05, 4.69) is 11.8 Å². The molecule has 1 heterocycles. The number of amides is 1. The van der Waals surface area contributed by atoms with E-state index in [0.29, 0.717) is 12.3 Å². The van der Waals surface area contributed by atoms with E-state index in [9.17, 15) is 9.59 Å². The summed E-state index contributed by atoms with van der Waals surface area (Å²) in [5, 5.41) is 0. The van der Waals surface area contributed by atoms with E-state index in [1.165, 1.54) is 0 Å². The summed E-state index contributed by atoms with van der Waals surface area (Å²) in [6, 6.07) is 7.88. The minimum Gasteiger partial charge on any atom is -0.368 e. The maximum Gasteiger partial charge on any atom is 0.222 e.